The molecule has 3 unspecified atom stereocenters. The number of hydrogen-bond acceptors (Lipinski definition) is 1. The van der Waals surface area contributed by atoms with Gasteiger partial charge in [-0.1, -0.05) is 19.8 Å². The molecule has 0 amide bonds. The maximum atomic E-state index is 6.39. The first-order valence-electron chi connectivity index (χ1n) is 6.41. The molecule has 0 saturated heterocycles. The van der Waals surface area contributed by atoms with Crippen molar-refractivity contribution in [3.05, 3.63) is 0 Å². The summed E-state index contributed by atoms with van der Waals surface area (Å²) >= 11 is 6.39. The fourth-order valence-electron chi connectivity index (χ4n) is 2.78. The molecule has 1 fully saturated rings. The smallest absolute Gasteiger partial charge is 0.0462 e. The molecule has 0 aliphatic heterocycles. The Bertz CT molecular complexity index is 161. The van der Waals surface area contributed by atoms with E-state index >= 15 is 0 Å². The Labute approximate surface area is 99.5 Å². The van der Waals surface area contributed by atoms with Gasteiger partial charge in [0, 0.05) is 19.1 Å². The van der Waals surface area contributed by atoms with Crippen LogP contribution >= 0.6 is 11.6 Å². The Balaban J connectivity index is 2.26. The summed E-state index contributed by atoms with van der Waals surface area (Å²) < 4.78 is 5.10. The minimum atomic E-state index is 0.426. The highest BCUT2D eigenvalue weighted by Crippen LogP contribution is 2.37. The fraction of sp³-hybridized carbons (Fsp3) is 1.00. The summed E-state index contributed by atoms with van der Waals surface area (Å²) in [6, 6.07) is 0. The second kappa shape index (κ2) is 7.51. The minimum Gasteiger partial charge on any atom is -0.385 e. The van der Waals surface area contributed by atoms with E-state index in [0.29, 0.717) is 5.38 Å². The second-order valence-electron chi connectivity index (χ2n) is 4.88. The monoisotopic (exact) mass is 232 g/mol. The lowest BCUT2D eigenvalue weighted by Crippen LogP contribution is -2.25. The molecule has 0 aromatic rings. The van der Waals surface area contributed by atoms with Crippen molar-refractivity contribution in [2.75, 3.05) is 13.7 Å². The molecule has 0 radical (unpaired) electrons. The number of ether oxygens (including phenoxy) is 1. The maximum absolute atomic E-state index is 6.39. The Hall–Kier alpha value is 0.250. The van der Waals surface area contributed by atoms with Gasteiger partial charge in [-0.2, -0.15) is 0 Å². The standard InChI is InChI=1S/C13H25ClO/c1-3-5-11-7-8-13(14)12(10-11)6-4-9-15-2/h11-13H,3-10H2,1-2H3. The van der Waals surface area contributed by atoms with Crippen molar-refractivity contribution in [3.63, 3.8) is 0 Å². The minimum absolute atomic E-state index is 0.426. The van der Waals surface area contributed by atoms with E-state index in [4.69, 9.17) is 16.3 Å². The Morgan fingerprint density at radius 3 is 2.73 bits per heavy atom. The van der Waals surface area contributed by atoms with Crippen molar-refractivity contribution in [2.24, 2.45) is 11.8 Å². The zero-order valence-corrected chi connectivity index (χ0v) is 10.9. The van der Waals surface area contributed by atoms with Crippen LogP contribution in [0.25, 0.3) is 0 Å². The van der Waals surface area contributed by atoms with Gasteiger partial charge in [0.1, 0.15) is 0 Å². The van der Waals surface area contributed by atoms with Crippen molar-refractivity contribution < 1.29 is 4.74 Å². The molecule has 1 aliphatic carbocycles. The molecule has 0 aromatic heterocycles. The molecular weight excluding hydrogens is 208 g/mol. The van der Waals surface area contributed by atoms with Crippen LogP contribution in [0, 0.1) is 11.8 Å². The van der Waals surface area contributed by atoms with Gasteiger partial charge in [0.15, 0.2) is 0 Å². The van der Waals surface area contributed by atoms with Crippen LogP contribution in [0.5, 0.6) is 0 Å². The number of halogens is 1. The first-order valence-corrected chi connectivity index (χ1v) is 6.84. The Kier molecular flexibility index (Phi) is 6.67. The zero-order chi connectivity index (χ0) is 11.1. The van der Waals surface area contributed by atoms with Gasteiger partial charge in [-0.05, 0) is 43.9 Å². The van der Waals surface area contributed by atoms with Gasteiger partial charge in [0.25, 0.3) is 0 Å². The lowest BCUT2D eigenvalue weighted by molar-refractivity contribution is 0.174. The number of rotatable bonds is 6. The molecular formula is C13H25ClO. The van der Waals surface area contributed by atoms with Crippen molar-refractivity contribution >= 4 is 11.6 Å². The quantitative estimate of drug-likeness (QED) is 0.492. The predicted octanol–water partition coefficient (Wildman–Crippen LogP) is 4.24. The van der Waals surface area contributed by atoms with Crippen LogP contribution in [0.2, 0.25) is 0 Å². The molecule has 3 atom stereocenters. The van der Waals surface area contributed by atoms with Crippen LogP contribution in [-0.2, 0) is 4.74 Å². The summed E-state index contributed by atoms with van der Waals surface area (Å²) in [6.45, 7) is 3.17. The first-order chi connectivity index (χ1) is 7.27. The number of hydrogen-bond donors (Lipinski definition) is 0. The van der Waals surface area contributed by atoms with Crippen molar-refractivity contribution in [1.29, 1.82) is 0 Å². The molecule has 1 nitrogen and oxygen atoms in total. The van der Waals surface area contributed by atoms with Gasteiger partial charge in [-0.25, -0.2) is 0 Å². The molecule has 90 valence electrons. The normalized spacial score (nSPS) is 31.8. The lowest BCUT2D eigenvalue weighted by atomic mass is 9.77. The van der Waals surface area contributed by atoms with E-state index in [1.807, 2.05) is 0 Å². The van der Waals surface area contributed by atoms with Crippen LogP contribution in [-0.4, -0.2) is 19.1 Å². The summed E-state index contributed by atoms with van der Waals surface area (Å²) in [4.78, 5) is 0. The molecule has 1 rings (SSSR count). The lowest BCUT2D eigenvalue weighted by Gasteiger charge is -2.33. The van der Waals surface area contributed by atoms with Crippen LogP contribution in [0.15, 0.2) is 0 Å². The third-order valence-electron chi connectivity index (χ3n) is 3.62. The van der Waals surface area contributed by atoms with Crippen molar-refractivity contribution in [3.8, 4) is 0 Å². The summed E-state index contributed by atoms with van der Waals surface area (Å²) in [5.41, 5.74) is 0. The highest BCUT2D eigenvalue weighted by molar-refractivity contribution is 6.20. The topological polar surface area (TPSA) is 9.23 Å². The Morgan fingerprint density at radius 1 is 1.27 bits per heavy atom. The van der Waals surface area contributed by atoms with Gasteiger partial charge < -0.3 is 4.74 Å². The largest absolute Gasteiger partial charge is 0.385 e. The maximum Gasteiger partial charge on any atom is 0.0462 e. The van der Waals surface area contributed by atoms with Gasteiger partial charge in [-0.15, -0.1) is 11.6 Å². The van der Waals surface area contributed by atoms with Gasteiger partial charge in [0.05, 0.1) is 0 Å². The summed E-state index contributed by atoms with van der Waals surface area (Å²) in [7, 11) is 1.78. The Morgan fingerprint density at radius 2 is 2.07 bits per heavy atom. The van der Waals surface area contributed by atoms with E-state index in [1.165, 1.54) is 44.9 Å². The molecule has 0 spiro atoms. The van der Waals surface area contributed by atoms with E-state index in [2.05, 4.69) is 6.92 Å². The molecule has 1 saturated carbocycles. The van der Waals surface area contributed by atoms with E-state index in [1.54, 1.807) is 7.11 Å². The van der Waals surface area contributed by atoms with Gasteiger partial charge in [0.2, 0.25) is 0 Å². The molecule has 0 bridgehead atoms. The van der Waals surface area contributed by atoms with Crippen molar-refractivity contribution in [1.82, 2.24) is 0 Å². The molecule has 1 aliphatic rings. The van der Waals surface area contributed by atoms with Gasteiger partial charge in [-0.3, -0.25) is 0 Å². The summed E-state index contributed by atoms with van der Waals surface area (Å²) in [5, 5.41) is 0.426. The van der Waals surface area contributed by atoms with E-state index in [-0.39, 0.29) is 0 Å². The predicted molar refractivity (Wildman–Crippen MR) is 66.5 cm³/mol. The summed E-state index contributed by atoms with van der Waals surface area (Å²) in [6.07, 6.45) is 9.07. The molecule has 0 aromatic carbocycles. The number of methoxy groups -OCH3 is 1. The summed E-state index contributed by atoms with van der Waals surface area (Å²) in [5.74, 6) is 1.68. The van der Waals surface area contributed by atoms with Crippen molar-refractivity contribution in [2.45, 2.75) is 57.2 Å². The van der Waals surface area contributed by atoms with Gasteiger partial charge >= 0.3 is 0 Å². The average Bonchev–Trinajstić information content (AvgIpc) is 2.23. The molecule has 2 heteroatoms. The first kappa shape index (κ1) is 13.3. The molecule has 0 N–H and O–H groups in total. The van der Waals surface area contributed by atoms with Crippen LogP contribution in [0.1, 0.15) is 51.9 Å². The SMILES string of the molecule is CCCC1CCC(Cl)C(CCCOC)C1. The van der Waals surface area contributed by atoms with Crippen LogP contribution in [0.4, 0.5) is 0 Å². The third kappa shape index (κ3) is 4.74. The molecule has 15 heavy (non-hydrogen) atoms. The average molecular weight is 233 g/mol. The van der Waals surface area contributed by atoms with Crippen LogP contribution in [0.3, 0.4) is 0 Å². The zero-order valence-electron chi connectivity index (χ0n) is 10.2. The number of alkyl halides is 1. The third-order valence-corrected chi connectivity index (χ3v) is 4.19. The fourth-order valence-corrected chi connectivity index (χ4v) is 3.14. The molecule has 0 heterocycles. The highest BCUT2D eigenvalue weighted by atomic mass is 35.5. The van der Waals surface area contributed by atoms with E-state index in [0.717, 1.165) is 18.4 Å². The van der Waals surface area contributed by atoms with Crippen LogP contribution < -0.4 is 0 Å². The van der Waals surface area contributed by atoms with E-state index in [9.17, 15) is 0 Å². The second-order valence-corrected chi connectivity index (χ2v) is 5.44. The highest BCUT2D eigenvalue weighted by Gasteiger charge is 2.28. The van der Waals surface area contributed by atoms with E-state index < -0.39 is 0 Å².